The van der Waals surface area contributed by atoms with E-state index in [2.05, 4.69) is 0 Å². The fraction of sp³-hybridized carbons (Fsp3) is 0.333. The number of carbonyl (C=O) groups is 2. The van der Waals surface area contributed by atoms with Gasteiger partial charge in [-0.25, -0.2) is 0 Å². The first-order valence-corrected chi connectivity index (χ1v) is 5.94. The van der Waals surface area contributed by atoms with Crippen molar-refractivity contribution in [2.24, 2.45) is 0 Å². The van der Waals surface area contributed by atoms with Crippen molar-refractivity contribution in [1.29, 1.82) is 0 Å². The molecule has 1 aliphatic rings. The number of hydrogen-bond donors (Lipinski definition) is 0. The quantitative estimate of drug-likeness (QED) is 0.682. The zero-order chi connectivity index (χ0) is 10.8. The van der Waals surface area contributed by atoms with Crippen molar-refractivity contribution in [2.75, 3.05) is 5.75 Å². The van der Waals surface area contributed by atoms with Gasteiger partial charge in [-0.2, -0.15) is 0 Å². The van der Waals surface area contributed by atoms with Crippen LogP contribution in [0.25, 0.3) is 0 Å². The molecule has 0 N–H and O–H groups in total. The average Bonchev–Trinajstić information content (AvgIpc) is 2.37. The van der Waals surface area contributed by atoms with Gasteiger partial charge in [-0.05, 0) is 24.6 Å². The maximum absolute atomic E-state index is 11.4. The van der Waals surface area contributed by atoms with Gasteiger partial charge in [-0.3, -0.25) is 9.59 Å². The molecule has 0 saturated carbocycles. The molecule has 3 heteroatoms. The molecule has 1 heterocycles. The molecule has 0 saturated heterocycles. The number of hydrogen-bond acceptors (Lipinski definition) is 3. The largest absolute Gasteiger partial charge is 0.299 e. The van der Waals surface area contributed by atoms with Crippen LogP contribution >= 0.6 is 11.8 Å². The summed E-state index contributed by atoms with van der Waals surface area (Å²) in [4.78, 5) is 23.8. The highest BCUT2D eigenvalue weighted by Crippen LogP contribution is 2.28. The van der Waals surface area contributed by atoms with Crippen LogP contribution in [0.4, 0.5) is 0 Å². The Morgan fingerprint density at radius 1 is 1.40 bits per heavy atom. The van der Waals surface area contributed by atoms with Crippen molar-refractivity contribution in [1.82, 2.24) is 0 Å². The lowest BCUT2D eigenvalue weighted by Gasteiger charge is -2.05. The van der Waals surface area contributed by atoms with E-state index in [0.29, 0.717) is 18.4 Å². The number of fused-ring (bicyclic) bond motifs is 1. The highest BCUT2D eigenvalue weighted by molar-refractivity contribution is 7.99. The fourth-order valence-electron chi connectivity index (χ4n) is 1.65. The van der Waals surface area contributed by atoms with Gasteiger partial charge in [-0.15, -0.1) is 11.8 Å². The van der Waals surface area contributed by atoms with E-state index in [1.807, 2.05) is 18.2 Å². The molecule has 2 nitrogen and oxygen atoms in total. The van der Waals surface area contributed by atoms with Gasteiger partial charge in [0.2, 0.25) is 0 Å². The number of benzene rings is 1. The van der Waals surface area contributed by atoms with Gasteiger partial charge in [0.05, 0.1) is 0 Å². The van der Waals surface area contributed by atoms with Crippen molar-refractivity contribution in [3.63, 3.8) is 0 Å². The third-order valence-electron chi connectivity index (χ3n) is 2.49. The van der Waals surface area contributed by atoms with E-state index in [1.165, 1.54) is 0 Å². The minimum atomic E-state index is 0.0551. The predicted molar refractivity (Wildman–Crippen MR) is 60.5 cm³/mol. The van der Waals surface area contributed by atoms with E-state index in [1.54, 1.807) is 18.7 Å². The molecule has 0 aromatic heterocycles. The highest BCUT2D eigenvalue weighted by Gasteiger charge is 2.15. The van der Waals surface area contributed by atoms with Crippen molar-refractivity contribution in [3.05, 3.63) is 29.3 Å². The molecule has 0 fully saturated rings. The van der Waals surface area contributed by atoms with E-state index in [9.17, 15) is 9.59 Å². The average molecular weight is 220 g/mol. The van der Waals surface area contributed by atoms with Crippen LogP contribution in [0, 0.1) is 0 Å². The summed E-state index contributed by atoms with van der Waals surface area (Å²) in [6.07, 6.45) is 1.11. The number of Topliss-reactive ketones (excluding diaryl/α,β-unsaturated/α-hetero) is 2. The first kappa shape index (κ1) is 10.4. The second-order valence-corrected chi connectivity index (χ2v) is 4.83. The van der Waals surface area contributed by atoms with E-state index >= 15 is 0 Å². The minimum absolute atomic E-state index is 0.0551. The van der Waals surface area contributed by atoms with Gasteiger partial charge < -0.3 is 0 Å². The maximum Gasteiger partial charge on any atom is 0.159 e. The molecule has 1 aromatic rings. The molecule has 1 aliphatic heterocycles. The second-order valence-electron chi connectivity index (χ2n) is 3.69. The molecule has 0 amide bonds. The Balaban J connectivity index is 2.41. The molecule has 15 heavy (non-hydrogen) atoms. The Morgan fingerprint density at radius 3 is 2.93 bits per heavy atom. The Morgan fingerprint density at radius 2 is 2.20 bits per heavy atom. The Bertz CT molecular complexity index is 424. The second kappa shape index (κ2) is 4.19. The van der Waals surface area contributed by atoms with Crippen LogP contribution in [-0.4, -0.2) is 17.3 Å². The van der Waals surface area contributed by atoms with E-state index in [-0.39, 0.29) is 11.6 Å². The number of rotatable bonds is 1. The van der Waals surface area contributed by atoms with Gasteiger partial charge in [0.15, 0.2) is 5.78 Å². The molecular formula is C12H12O2S. The Kier molecular flexibility index (Phi) is 2.91. The van der Waals surface area contributed by atoms with Gasteiger partial charge >= 0.3 is 0 Å². The summed E-state index contributed by atoms with van der Waals surface area (Å²) >= 11 is 1.70. The zero-order valence-corrected chi connectivity index (χ0v) is 9.39. The SMILES string of the molecule is CC(=O)c1ccc2c(c1)CC(=O)CCS2. The lowest BCUT2D eigenvalue weighted by atomic mass is 10.0. The van der Waals surface area contributed by atoms with Crippen molar-refractivity contribution in [3.8, 4) is 0 Å². The molecule has 78 valence electrons. The van der Waals surface area contributed by atoms with Gasteiger partial charge in [0, 0.05) is 29.1 Å². The molecule has 0 radical (unpaired) electrons. The summed E-state index contributed by atoms with van der Waals surface area (Å²) < 4.78 is 0. The van der Waals surface area contributed by atoms with E-state index in [0.717, 1.165) is 16.2 Å². The summed E-state index contributed by atoms with van der Waals surface area (Å²) in [6.45, 7) is 1.55. The lowest BCUT2D eigenvalue weighted by Crippen LogP contribution is -2.02. The molecule has 0 spiro atoms. The minimum Gasteiger partial charge on any atom is -0.299 e. The summed E-state index contributed by atoms with van der Waals surface area (Å²) in [6, 6.07) is 5.65. The standard InChI is InChI=1S/C12H12O2S/c1-8(13)9-2-3-12-10(6-9)7-11(14)4-5-15-12/h2-3,6H,4-5,7H2,1H3. The first-order chi connectivity index (χ1) is 7.16. The topological polar surface area (TPSA) is 34.1 Å². The summed E-state index contributed by atoms with van der Waals surface area (Å²) in [7, 11) is 0. The van der Waals surface area contributed by atoms with Crippen LogP contribution in [0.1, 0.15) is 29.3 Å². The zero-order valence-electron chi connectivity index (χ0n) is 8.58. The van der Waals surface area contributed by atoms with Gasteiger partial charge in [0.1, 0.15) is 5.78 Å². The lowest BCUT2D eigenvalue weighted by molar-refractivity contribution is -0.118. The van der Waals surface area contributed by atoms with Crippen LogP contribution in [0.3, 0.4) is 0 Å². The van der Waals surface area contributed by atoms with Crippen LogP contribution in [0.2, 0.25) is 0 Å². The Hall–Kier alpha value is -1.09. The molecule has 0 aliphatic carbocycles. The molecule has 0 bridgehead atoms. The number of ketones is 2. The monoisotopic (exact) mass is 220 g/mol. The predicted octanol–water partition coefficient (Wildman–Crippen LogP) is 2.50. The van der Waals surface area contributed by atoms with Gasteiger partial charge in [0.25, 0.3) is 0 Å². The van der Waals surface area contributed by atoms with E-state index in [4.69, 9.17) is 0 Å². The third kappa shape index (κ3) is 2.29. The molecular weight excluding hydrogens is 208 g/mol. The third-order valence-corrected chi connectivity index (χ3v) is 3.61. The van der Waals surface area contributed by atoms with Crippen molar-refractivity contribution < 1.29 is 9.59 Å². The summed E-state index contributed by atoms with van der Waals surface area (Å²) in [5.41, 5.74) is 1.71. The maximum atomic E-state index is 11.4. The van der Waals surface area contributed by atoms with Crippen LogP contribution in [0.15, 0.2) is 23.1 Å². The van der Waals surface area contributed by atoms with Crippen LogP contribution in [-0.2, 0) is 11.2 Å². The molecule has 2 rings (SSSR count). The fourth-order valence-corrected chi connectivity index (χ4v) is 2.68. The van der Waals surface area contributed by atoms with Gasteiger partial charge in [-0.1, -0.05) is 6.07 Å². The molecule has 0 unspecified atom stereocenters. The number of carbonyl (C=O) groups excluding carboxylic acids is 2. The van der Waals surface area contributed by atoms with Crippen molar-refractivity contribution in [2.45, 2.75) is 24.7 Å². The van der Waals surface area contributed by atoms with E-state index < -0.39 is 0 Å². The molecule has 1 aromatic carbocycles. The smallest absolute Gasteiger partial charge is 0.159 e. The van der Waals surface area contributed by atoms with Crippen LogP contribution < -0.4 is 0 Å². The normalized spacial score (nSPS) is 15.7. The summed E-state index contributed by atoms with van der Waals surface area (Å²) in [5.74, 6) is 1.17. The van der Waals surface area contributed by atoms with Crippen molar-refractivity contribution >= 4 is 23.3 Å². The Labute approximate surface area is 93.1 Å². The highest BCUT2D eigenvalue weighted by atomic mass is 32.2. The molecule has 0 atom stereocenters. The summed E-state index contributed by atoms with van der Waals surface area (Å²) in [5, 5.41) is 0. The van der Waals surface area contributed by atoms with Crippen LogP contribution in [0.5, 0.6) is 0 Å². The number of thioether (sulfide) groups is 1. The first-order valence-electron chi connectivity index (χ1n) is 4.95.